The topological polar surface area (TPSA) is 66.4 Å². The average molecular weight is 412 g/mol. The summed E-state index contributed by atoms with van der Waals surface area (Å²) in [6.07, 6.45) is 0. The first kappa shape index (κ1) is 18.9. The van der Waals surface area contributed by atoms with Crippen LogP contribution in [0.3, 0.4) is 0 Å². The van der Waals surface area contributed by atoms with Gasteiger partial charge in [-0.25, -0.2) is 4.79 Å². The van der Waals surface area contributed by atoms with E-state index in [1.54, 1.807) is 17.7 Å². The van der Waals surface area contributed by atoms with Gasteiger partial charge in [-0.05, 0) is 35.4 Å². The Labute approximate surface area is 177 Å². The van der Waals surface area contributed by atoms with Crippen molar-refractivity contribution in [1.82, 2.24) is 9.13 Å². The average Bonchev–Trinajstić information content (AvgIpc) is 3.20. The van der Waals surface area contributed by atoms with Crippen LogP contribution in [0.1, 0.15) is 11.1 Å². The zero-order valence-corrected chi connectivity index (χ0v) is 16.9. The predicted octanol–water partition coefficient (Wildman–Crippen LogP) is 4.01. The zero-order valence-electron chi connectivity index (χ0n) is 16.9. The molecule has 0 saturated heterocycles. The van der Waals surface area contributed by atoms with Gasteiger partial charge in [0.25, 0.3) is 5.56 Å². The molecule has 0 aliphatic rings. The third kappa shape index (κ3) is 3.32. The summed E-state index contributed by atoms with van der Waals surface area (Å²) in [4.78, 5) is 26.8. The summed E-state index contributed by atoms with van der Waals surface area (Å²) >= 11 is 0. The van der Waals surface area contributed by atoms with Crippen molar-refractivity contribution in [2.24, 2.45) is 0 Å². The molecular weight excluding hydrogens is 392 g/mol. The van der Waals surface area contributed by atoms with Crippen molar-refractivity contribution in [3.63, 3.8) is 0 Å². The van der Waals surface area contributed by atoms with Gasteiger partial charge in [-0.3, -0.25) is 13.9 Å². The number of rotatable bonds is 5. The highest BCUT2D eigenvalue weighted by Crippen LogP contribution is 2.26. The van der Waals surface area contributed by atoms with Crippen LogP contribution in [0.5, 0.6) is 5.75 Å². The fourth-order valence-corrected chi connectivity index (χ4v) is 3.90. The van der Waals surface area contributed by atoms with Gasteiger partial charge in [-0.15, -0.1) is 0 Å². The molecule has 0 bridgehead atoms. The summed E-state index contributed by atoms with van der Waals surface area (Å²) in [7, 11) is 1.60. The Morgan fingerprint density at radius 3 is 2.32 bits per heavy atom. The second-order valence-corrected chi connectivity index (χ2v) is 7.37. The van der Waals surface area contributed by atoms with Crippen molar-refractivity contribution < 1.29 is 9.15 Å². The van der Waals surface area contributed by atoms with E-state index in [4.69, 9.17) is 9.15 Å². The Kier molecular flexibility index (Phi) is 4.67. The summed E-state index contributed by atoms with van der Waals surface area (Å²) in [6, 6.07) is 24.4. The molecule has 0 saturated carbocycles. The van der Waals surface area contributed by atoms with Crippen LogP contribution in [0, 0.1) is 0 Å². The van der Waals surface area contributed by atoms with E-state index in [1.165, 1.54) is 4.57 Å². The van der Waals surface area contributed by atoms with E-state index < -0.39 is 5.56 Å². The monoisotopic (exact) mass is 412 g/mol. The Hall–Kier alpha value is -4.06. The van der Waals surface area contributed by atoms with E-state index in [0.717, 1.165) is 16.5 Å². The maximum Gasteiger partial charge on any atom is 0.332 e. The van der Waals surface area contributed by atoms with Crippen molar-refractivity contribution >= 4 is 22.1 Å². The molecule has 2 aromatic heterocycles. The predicted molar refractivity (Wildman–Crippen MR) is 120 cm³/mol. The normalized spacial score (nSPS) is 11.3. The lowest BCUT2D eigenvalue weighted by Gasteiger charge is -2.13. The highest BCUT2D eigenvalue weighted by atomic mass is 16.5. The first-order valence-corrected chi connectivity index (χ1v) is 9.97. The van der Waals surface area contributed by atoms with Crippen LogP contribution in [0.2, 0.25) is 0 Å². The van der Waals surface area contributed by atoms with Crippen molar-refractivity contribution in [2.45, 2.75) is 13.1 Å². The SMILES string of the molecule is COc1cccc(Cn2c(=O)n(Cc3ccccc3)c(=O)c3oc4ccccc4c32)c1. The molecule has 0 aliphatic carbocycles. The third-order valence-electron chi connectivity index (χ3n) is 5.40. The minimum Gasteiger partial charge on any atom is -0.497 e. The molecule has 154 valence electrons. The summed E-state index contributed by atoms with van der Waals surface area (Å²) in [6.45, 7) is 0.453. The van der Waals surface area contributed by atoms with Crippen LogP contribution < -0.4 is 16.0 Å². The van der Waals surface area contributed by atoms with Crippen LogP contribution >= 0.6 is 0 Å². The first-order chi connectivity index (χ1) is 15.2. The second-order valence-electron chi connectivity index (χ2n) is 7.37. The van der Waals surface area contributed by atoms with Crippen molar-refractivity contribution in [2.75, 3.05) is 7.11 Å². The maximum absolute atomic E-state index is 13.6. The van der Waals surface area contributed by atoms with Gasteiger partial charge in [0.2, 0.25) is 5.58 Å². The van der Waals surface area contributed by atoms with E-state index >= 15 is 0 Å². The summed E-state index contributed by atoms with van der Waals surface area (Å²) < 4.78 is 14.1. The molecule has 31 heavy (non-hydrogen) atoms. The van der Waals surface area contributed by atoms with Gasteiger partial charge in [0.1, 0.15) is 16.8 Å². The molecule has 5 aromatic rings. The number of hydrogen-bond donors (Lipinski definition) is 0. The Morgan fingerprint density at radius 1 is 0.806 bits per heavy atom. The molecule has 0 N–H and O–H groups in total. The number of methoxy groups -OCH3 is 1. The molecule has 5 rings (SSSR count). The quantitative estimate of drug-likeness (QED) is 0.437. The molecule has 0 amide bonds. The van der Waals surface area contributed by atoms with Gasteiger partial charge in [0, 0.05) is 5.39 Å². The molecule has 0 atom stereocenters. The first-order valence-electron chi connectivity index (χ1n) is 9.97. The minimum atomic E-state index is -0.429. The van der Waals surface area contributed by atoms with Gasteiger partial charge in [-0.1, -0.05) is 54.6 Å². The fourth-order valence-electron chi connectivity index (χ4n) is 3.90. The van der Waals surface area contributed by atoms with Crippen LogP contribution in [-0.4, -0.2) is 16.2 Å². The molecule has 0 radical (unpaired) electrons. The Bertz CT molecular complexity index is 1510. The number of benzene rings is 3. The van der Waals surface area contributed by atoms with Gasteiger partial charge in [0.05, 0.1) is 20.2 Å². The van der Waals surface area contributed by atoms with E-state index in [9.17, 15) is 9.59 Å². The second kappa shape index (κ2) is 7.65. The Balaban J connectivity index is 1.78. The molecule has 0 spiro atoms. The fraction of sp³-hybridized carbons (Fsp3) is 0.120. The summed E-state index contributed by atoms with van der Waals surface area (Å²) in [5, 5.41) is 0.737. The molecule has 0 unspecified atom stereocenters. The van der Waals surface area contributed by atoms with Crippen LogP contribution in [0.15, 0.2) is 92.9 Å². The van der Waals surface area contributed by atoms with Gasteiger partial charge < -0.3 is 9.15 Å². The van der Waals surface area contributed by atoms with E-state index in [2.05, 4.69) is 0 Å². The zero-order chi connectivity index (χ0) is 21.4. The number of hydrogen-bond acceptors (Lipinski definition) is 4. The minimum absolute atomic E-state index is 0.170. The highest BCUT2D eigenvalue weighted by molar-refractivity contribution is 6.02. The lowest BCUT2D eigenvalue weighted by atomic mass is 10.2. The van der Waals surface area contributed by atoms with Gasteiger partial charge >= 0.3 is 5.69 Å². The highest BCUT2D eigenvalue weighted by Gasteiger charge is 2.20. The van der Waals surface area contributed by atoms with E-state index in [0.29, 0.717) is 16.8 Å². The molecular formula is C25H20N2O4. The number of aromatic nitrogens is 2. The maximum atomic E-state index is 13.6. The van der Waals surface area contributed by atoms with Crippen LogP contribution in [-0.2, 0) is 13.1 Å². The summed E-state index contributed by atoms with van der Waals surface area (Å²) in [5.74, 6) is 0.705. The molecule has 6 heteroatoms. The standard InChI is InChI=1S/C25H20N2O4/c1-30-19-11-7-10-18(14-19)16-26-22-20-12-5-6-13-21(20)31-23(22)24(28)27(25(26)29)15-17-8-3-2-4-9-17/h2-14H,15-16H2,1H3. The van der Waals surface area contributed by atoms with Gasteiger partial charge in [-0.2, -0.15) is 0 Å². The van der Waals surface area contributed by atoms with E-state index in [-0.39, 0.29) is 24.4 Å². The van der Waals surface area contributed by atoms with Crippen LogP contribution in [0.25, 0.3) is 22.1 Å². The molecule has 0 fully saturated rings. The van der Waals surface area contributed by atoms with Crippen molar-refractivity contribution in [1.29, 1.82) is 0 Å². The summed E-state index contributed by atoms with van der Waals surface area (Å²) in [5.41, 5.74) is 2.21. The lowest BCUT2D eigenvalue weighted by molar-refractivity contribution is 0.414. The number of ether oxygens (including phenoxy) is 1. The smallest absolute Gasteiger partial charge is 0.332 e. The van der Waals surface area contributed by atoms with Gasteiger partial charge in [0.15, 0.2) is 0 Å². The third-order valence-corrected chi connectivity index (χ3v) is 5.40. The molecule has 2 heterocycles. The molecule has 3 aromatic carbocycles. The molecule has 0 aliphatic heterocycles. The Morgan fingerprint density at radius 2 is 1.52 bits per heavy atom. The number of furan rings is 1. The van der Waals surface area contributed by atoms with Crippen LogP contribution in [0.4, 0.5) is 0 Å². The van der Waals surface area contributed by atoms with Crippen molar-refractivity contribution in [3.05, 3.63) is 111 Å². The number of nitrogens with zero attached hydrogens (tertiary/aromatic N) is 2. The van der Waals surface area contributed by atoms with Crippen molar-refractivity contribution in [3.8, 4) is 5.75 Å². The van der Waals surface area contributed by atoms with E-state index in [1.807, 2.05) is 72.8 Å². The molecule has 6 nitrogen and oxygen atoms in total. The number of para-hydroxylation sites is 1. The number of fused-ring (bicyclic) bond motifs is 3. The largest absolute Gasteiger partial charge is 0.497 e. The lowest BCUT2D eigenvalue weighted by Crippen LogP contribution is -2.40.